The lowest BCUT2D eigenvalue weighted by Crippen LogP contribution is -2.22. The number of carboxylic acid groups (broad SMARTS) is 1. The predicted molar refractivity (Wildman–Crippen MR) is 51.3 cm³/mol. The molecule has 1 heterocycles. The van der Waals surface area contributed by atoms with Crippen LogP contribution < -0.4 is 0 Å². The van der Waals surface area contributed by atoms with E-state index >= 15 is 0 Å². The molecule has 0 saturated heterocycles. The molecule has 1 N–H and O–H groups in total. The van der Waals surface area contributed by atoms with Gasteiger partial charge < -0.3 is 9.52 Å². The molecule has 0 aliphatic rings. The first kappa shape index (κ1) is 10.8. The van der Waals surface area contributed by atoms with E-state index in [4.69, 9.17) is 9.52 Å². The maximum Gasteiger partial charge on any atom is 0.304 e. The van der Waals surface area contributed by atoms with Crippen molar-refractivity contribution in [1.29, 1.82) is 0 Å². The maximum atomic E-state index is 10.6. The second-order valence-electron chi connectivity index (χ2n) is 4.12. The molecule has 0 atom stereocenters. The summed E-state index contributed by atoms with van der Waals surface area (Å²) in [6.07, 6.45) is 0.0202. The normalized spacial score (nSPS) is 11.7. The van der Waals surface area contributed by atoms with Crippen LogP contribution in [0.4, 0.5) is 0 Å². The Labute approximate surface area is 83.0 Å². The highest BCUT2D eigenvalue weighted by Gasteiger charge is 2.29. The predicted octanol–water partition coefficient (Wildman–Crippen LogP) is 2.04. The van der Waals surface area contributed by atoms with Crippen molar-refractivity contribution in [3.8, 4) is 0 Å². The smallest absolute Gasteiger partial charge is 0.304 e. The zero-order chi connectivity index (χ0) is 10.9. The van der Waals surface area contributed by atoms with Crippen LogP contribution in [0.1, 0.15) is 37.6 Å². The summed E-state index contributed by atoms with van der Waals surface area (Å²) >= 11 is 0. The molecule has 0 radical (unpaired) electrons. The van der Waals surface area contributed by atoms with Crippen molar-refractivity contribution in [2.24, 2.45) is 0 Å². The Balaban J connectivity index is 2.97. The van der Waals surface area contributed by atoms with Crippen LogP contribution in [0.15, 0.2) is 4.42 Å². The van der Waals surface area contributed by atoms with Crippen molar-refractivity contribution >= 4 is 5.97 Å². The van der Waals surface area contributed by atoms with Crippen LogP contribution in [0.25, 0.3) is 0 Å². The number of hydrogen-bond donors (Lipinski definition) is 1. The summed E-state index contributed by atoms with van der Waals surface area (Å²) in [6.45, 7) is 7.29. The fourth-order valence-corrected chi connectivity index (χ4v) is 1.22. The fraction of sp³-hybridized carbons (Fsp3) is 0.600. The van der Waals surface area contributed by atoms with Crippen LogP contribution >= 0.6 is 0 Å². The van der Waals surface area contributed by atoms with Crippen LogP contribution in [0.3, 0.4) is 0 Å². The Bertz CT molecular complexity index is 333. The third kappa shape index (κ3) is 2.13. The van der Waals surface area contributed by atoms with E-state index in [9.17, 15) is 4.79 Å². The molecular formula is C10H15NO3. The molecule has 1 rings (SSSR count). The molecule has 0 aliphatic heterocycles. The first-order valence-electron chi connectivity index (χ1n) is 4.49. The minimum Gasteiger partial charge on any atom is -0.481 e. The molecule has 1 aromatic rings. The van der Waals surface area contributed by atoms with Gasteiger partial charge in [0.15, 0.2) is 0 Å². The average Bonchev–Trinajstić information content (AvgIpc) is 2.30. The summed E-state index contributed by atoms with van der Waals surface area (Å²) in [5.74, 6) is 0.400. The van der Waals surface area contributed by atoms with Gasteiger partial charge in [0, 0.05) is 0 Å². The standard InChI is InChI=1S/C10H15NO3/c1-6-7(2)14-9(11-6)10(3,4)5-8(12)13/h5H2,1-4H3,(H,12,13). The Morgan fingerprint density at radius 3 is 2.43 bits per heavy atom. The molecular weight excluding hydrogens is 182 g/mol. The highest BCUT2D eigenvalue weighted by atomic mass is 16.4. The van der Waals surface area contributed by atoms with Gasteiger partial charge >= 0.3 is 5.97 Å². The summed E-state index contributed by atoms with van der Waals surface area (Å²) in [5, 5.41) is 8.72. The first-order valence-corrected chi connectivity index (χ1v) is 4.49. The summed E-state index contributed by atoms with van der Waals surface area (Å²) in [7, 11) is 0. The molecule has 1 aromatic heterocycles. The van der Waals surface area contributed by atoms with Gasteiger partial charge in [-0.15, -0.1) is 0 Å². The second-order valence-corrected chi connectivity index (χ2v) is 4.12. The van der Waals surface area contributed by atoms with Gasteiger partial charge in [-0.25, -0.2) is 4.98 Å². The summed E-state index contributed by atoms with van der Waals surface area (Å²) in [5.41, 5.74) is 0.267. The van der Waals surface area contributed by atoms with Gasteiger partial charge in [-0.2, -0.15) is 0 Å². The molecule has 0 aromatic carbocycles. The summed E-state index contributed by atoms with van der Waals surface area (Å²) in [4.78, 5) is 14.8. The van der Waals surface area contributed by atoms with Gasteiger partial charge in [-0.1, -0.05) is 13.8 Å². The van der Waals surface area contributed by atoms with E-state index in [0.29, 0.717) is 5.89 Å². The fourth-order valence-electron chi connectivity index (χ4n) is 1.22. The minimum absolute atomic E-state index is 0.0202. The number of aliphatic carboxylic acids is 1. The van der Waals surface area contributed by atoms with Crippen molar-refractivity contribution in [2.45, 2.75) is 39.5 Å². The van der Waals surface area contributed by atoms with Gasteiger partial charge in [-0.05, 0) is 13.8 Å². The van der Waals surface area contributed by atoms with E-state index in [-0.39, 0.29) is 6.42 Å². The third-order valence-corrected chi connectivity index (χ3v) is 2.20. The molecule has 0 spiro atoms. The lowest BCUT2D eigenvalue weighted by molar-refractivity contribution is -0.138. The van der Waals surface area contributed by atoms with E-state index in [2.05, 4.69) is 4.98 Å². The molecule has 14 heavy (non-hydrogen) atoms. The lowest BCUT2D eigenvalue weighted by atomic mass is 9.89. The zero-order valence-electron chi connectivity index (χ0n) is 8.92. The van der Waals surface area contributed by atoms with E-state index in [1.54, 1.807) is 0 Å². The number of hydrogen-bond acceptors (Lipinski definition) is 3. The Hall–Kier alpha value is -1.32. The highest BCUT2D eigenvalue weighted by molar-refractivity contribution is 5.68. The van der Waals surface area contributed by atoms with Crippen LogP contribution in [0.2, 0.25) is 0 Å². The van der Waals surface area contributed by atoms with Gasteiger partial charge in [-0.3, -0.25) is 4.79 Å². The number of carboxylic acids is 1. The van der Waals surface area contributed by atoms with Gasteiger partial charge in [0.25, 0.3) is 0 Å². The molecule has 4 heteroatoms. The molecule has 0 saturated carbocycles. The number of rotatable bonds is 3. The van der Waals surface area contributed by atoms with E-state index < -0.39 is 11.4 Å². The van der Waals surface area contributed by atoms with Gasteiger partial charge in [0.05, 0.1) is 17.5 Å². The maximum absolute atomic E-state index is 10.6. The molecule has 4 nitrogen and oxygen atoms in total. The van der Waals surface area contributed by atoms with Crippen LogP contribution in [0.5, 0.6) is 0 Å². The molecule has 0 bridgehead atoms. The number of aryl methyl sites for hydroxylation is 2. The van der Waals surface area contributed by atoms with Crippen molar-refractivity contribution in [1.82, 2.24) is 4.98 Å². The summed E-state index contributed by atoms with van der Waals surface area (Å²) in [6, 6.07) is 0. The summed E-state index contributed by atoms with van der Waals surface area (Å²) < 4.78 is 5.41. The Kier molecular flexibility index (Phi) is 2.64. The molecule has 0 unspecified atom stereocenters. The minimum atomic E-state index is -0.844. The quantitative estimate of drug-likeness (QED) is 0.805. The third-order valence-electron chi connectivity index (χ3n) is 2.20. The average molecular weight is 197 g/mol. The molecule has 0 aliphatic carbocycles. The molecule has 0 amide bonds. The van der Waals surface area contributed by atoms with Crippen molar-refractivity contribution < 1.29 is 14.3 Å². The van der Waals surface area contributed by atoms with E-state index in [0.717, 1.165) is 11.5 Å². The van der Waals surface area contributed by atoms with Crippen molar-refractivity contribution in [3.63, 3.8) is 0 Å². The van der Waals surface area contributed by atoms with Crippen LogP contribution in [0, 0.1) is 13.8 Å². The second kappa shape index (κ2) is 3.44. The van der Waals surface area contributed by atoms with Crippen LogP contribution in [-0.4, -0.2) is 16.1 Å². The first-order chi connectivity index (χ1) is 6.33. The topological polar surface area (TPSA) is 63.3 Å². The lowest BCUT2D eigenvalue weighted by Gasteiger charge is -2.17. The van der Waals surface area contributed by atoms with Crippen LogP contribution in [-0.2, 0) is 10.2 Å². The van der Waals surface area contributed by atoms with Gasteiger partial charge in [0.2, 0.25) is 5.89 Å². The number of oxazole rings is 1. The van der Waals surface area contributed by atoms with Gasteiger partial charge in [0.1, 0.15) is 5.76 Å². The molecule has 0 fully saturated rings. The zero-order valence-corrected chi connectivity index (χ0v) is 8.92. The number of nitrogens with zero attached hydrogens (tertiary/aromatic N) is 1. The highest BCUT2D eigenvalue weighted by Crippen LogP contribution is 2.27. The van der Waals surface area contributed by atoms with E-state index in [1.807, 2.05) is 27.7 Å². The molecule has 78 valence electrons. The SMILES string of the molecule is Cc1nc(C(C)(C)CC(=O)O)oc1C. The number of carbonyl (C=O) groups is 1. The largest absolute Gasteiger partial charge is 0.481 e. The Morgan fingerprint density at radius 2 is 2.07 bits per heavy atom. The monoisotopic (exact) mass is 197 g/mol. The van der Waals surface area contributed by atoms with E-state index in [1.165, 1.54) is 0 Å². The Morgan fingerprint density at radius 1 is 1.50 bits per heavy atom. The van der Waals surface area contributed by atoms with Crippen molar-refractivity contribution in [3.05, 3.63) is 17.3 Å². The van der Waals surface area contributed by atoms with Crippen molar-refractivity contribution in [2.75, 3.05) is 0 Å². The number of aromatic nitrogens is 1.